The highest BCUT2D eigenvalue weighted by Crippen LogP contribution is 2.27. The van der Waals surface area contributed by atoms with Gasteiger partial charge in [0, 0.05) is 0 Å². The second-order valence-corrected chi connectivity index (χ2v) is 9.73. The Morgan fingerprint density at radius 3 is 1.80 bits per heavy atom. The van der Waals surface area contributed by atoms with E-state index in [0.29, 0.717) is 23.2 Å². The van der Waals surface area contributed by atoms with Crippen molar-refractivity contribution in [2.75, 3.05) is 0 Å². The van der Waals surface area contributed by atoms with E-state index >= 15 is 0 Å². The third-order valence-corrected chi connectivity index (χ3v) is 4.27. The van der Waals surface area contributed by atoms with E-state index < -0.39 is 11.8 Å². The first-order valence-electron chi connectivity index (χ1n) is 9.83. The molecule has 0 heterocycles. The fourth-order valence-corrected chi connectivity index (χ4v) is 3.36. The largest absolute Gasteiger partial charge is 0.509 e. The van der Waals surface area contributed by atoms with E-state index in [1.54, 1.807) is 0 Å². The summed E-state index contributed by atoms with van der Waals surface area (Å²) in [7, 11) is 0. The highest BCUT2D eigenvalue weighted by Gasteiger charge is 2.27. The molecule has 0 fully saturated rings. The molecule has 0 N–H and O–H groups in total. The SMILES string of the molecule is CCC(OC(=O)OC(C)(C)CC(C)/C=C\C(C)CC(C)(C)C)C(C)C. The molecule has 0 saturated heterocycles. The number of carbonyl (C=O) groups excluding carboxylic acids is 1. The summed E-state index contributed by atoms with van der Waals surface area (Å²) in [6.07, 6.45) is 6.64. The van der Waals surface area contributed by atoms with Gasteiger partial charge in [0.2, 0.25) is 0 Å². The molecule has 0 aliphatic carbocycles. The van der Waals surface area contributed by atoms with Gasteiger partial charge < -0.3 is 9.47 Å². The van der Waals surface area contributed by atoms with Crippen molar-refractivity contribution in [1.29, 1.82) is 0 Å². The van der Waals surface area contributed by atoms with Crippen molar-refractivity contribution in [3.63, 3.8) is 0 Å². The smallest absolute Gasteiger partial charge is 0.431 e. The van der Waals surface area contributed by atoms with Crippen LogP contribution in [0.25, 0.3) is 0 Å². The highest BCUT2D eigenvalue weighted by atomic mass is 16.7. The van der Waals surface area contributed by atoms with E-state index in [1.807, 2.05) is 20.8 Å². The van der Waals surface area contributed by atoms with Gasteiger partial charge in [0.05, 0.1) is 0 Å². The van der Waals surface area contributed by atoms with E-state index in [9.17, 15) is 4.79 Å². The van der Waals surface area contributed by atoms with Gasteiger partial charge >= 0.3 is 6.16 Å². The number of ether oxygens (including phenoxy) is 2. The Bertz CT molecular complexity index is 415. The Kier molecular flexibility index (Phi) is 9.82. The van der Waals surface area contributed by atoms with E-state index in [4.69, 9.17) is 9.47 Å². The number of hydrogen-bond acceptors (Lipinski definition) is 3. The van der Waals surface area contributed by atoms with Gasteiger partial charge in [-0.25, -0.2) is 4.79 Å². The van der Waals surface area contributed by atoms with Crippen molar-refractivity contribution in [1.82, 2.24) is 0 Å². The first-order valence-corrected chi connectivity index (χ1v) is 9.83. The van der Waals surface area contributed by atoms with Crippen LogP contribution in [0.1, 0.15) is 88.5 Å². The van der Waals surface area contributed by atoms with E-state index in [0.717, 1.165) is 19.3 Å². The molecule has 0 spiro atoms. The molecule has 0 saturated carbocycles. The second-order valence-electron chi connectivity index (χ2n) is 9.73. The van der Waals surface area contributed by atoms with Crippen molar-refractivity contribution < 1.29 is 14.3 Å². The summed E-state index contributed by atoms with van der Waals surface area (Å²) in [4.78, 5) is 12.1. The maximum absolute atomic E-state index is 12.1. The maximum Gasteiger partial charge on any atom is 0.509 e. The first-order chi connectivity index (χ1) is 11.3. The molecule has 25 heavy (non-hydrogen) atoms. The Balaban J connectivity index is 4.52. The van der Waals surface area contributed by atoms with Crippen LogP contribution in [-0.2, 0) is 9.47 Å². The molecule has 0 radical (unpaired) electrons. The Labute approximate surface area is 156 Å². The molecule has 3 nitrogen and oxygen atoms in total. The third-order valence-electron chi connectivity index (χ3n) is 4.27. The monoisotopic (exact) mass is 354 g/mol. The molecule has 0 rings (SSSR count). The maximum atomic E-state index is 12.1. The molecule has 3 unspecified atom stereocenters. The lowest BCUT2D eigenvalue weighted by Gasteiger charge is -2.28. The van der Waals surface area contributed by atoms with Crippen molar-refractivity contribution in [2.45, 2.75) is 100 Å². The molecule has 0 aromatic heterocycles. The zero-order chi connectivity index (χ0) is 19.8. The molecule has 3 atom stereocenters. The summed E-state index contributed by atoms with van der Waals surface area (Å²) in [6.45, 7) is 21.3. The molecule has 0 bridgehead atoms. The van der Waals surface area contributed by atoms with Crippen LogP contribution >= 0.6 is 0 Å². The summed E-state index contributed by atoms with van der Waals surface area (Å²) in [5, 5.41) is 0. The minimum atomic E-state index is -0.553. The summed E-state index contributed by atoms with van der Waals surface area (Å²) in [6, 6.07) is 0. The first kappa shape index (κ1) is 24.0. The molecule has 3 heteroatoms. The Hall–Kier alpha value is -0.990. The molecule has 0 amide bonds. The number of rotatable bonds is 9. The zero-order valence-electron chi connectivity index (χ0n) is 18.3. The van der Waals surface area contributed by atoms with Gasteiger partial charge in [-0.05, 0) is 56.3 Å². The summed E-state index contributed by atoms with van der Waals surface area (Å²) in [5.74, 6) is 1.19. The lowest BCUT2D eigenvalue weighted by atomic mass is 9.84. The second kappa shape index (κ2) is 10.2. The minimum Gasteiger partial charge on any atom is -0.431 e. The normalized spacial score (nSPS) is 16.8. The van der Waals surface area contributed by atoms with Gasteiger partial charge in [-0.1, -0.05) is 67.5 Å². The molecule has 0 aromatic carbocycles. The van der Waals surface area contributed by atoms with E-state index in [1.165, 1.54) is 0 Å². The highest BCUT2D eigenvalue weighted by molar-refractivity contribution is 5.60. The number of carbonyl (C=O) groups is 1. The fourth-order valence-electron chi connectivity index (χ4n) is 3.36. The fraction of sp³-hybridized carbons (Fsp3) is 0.864. The van der Waals surface area contributed by atoms with Gasteiger partial charge in [0.25, 0.3) is 0 Å². The standard InChI is InChI=1S/C22H42O3/c1-11-19(16(2)3)24-20(23)25-22(9,10)15-18(5)13-12-17(4)14-21(6,7)8/h12-13,16-19H,11,14-15H2,1-10H3/b13-12-. The molecular formula is C22H42O3. The summed E-state index contributed by atoms with van der Waals surface area (Å²) < 4.78 is 11.0. The van der Waals surface area contributed by atoms with Crippen molar-refractivity contribution in [3.05, 3.63) is 12.2 Å². The molecule has 0 aromatic rings. The van der Waals surface area contributed by atoms with Crippen LogP contribution in [0.2, 0.25) is 0 Å². The molecule has 0 aliphatic rings. The van der Waals surface area contributed by atoms with Crippen molar-refractivity contribution in [3.8, 4) is 0 Å². The summed E-state index contributed by atoms with van der Waals surface area (Å²) >= 11 is 0. The number of allylic oxidation sites excluding steroid dienone is 2. The van der Waals surface area contributed by atoms with Crippen LogP contribution in [0, 0.1) is 23.2 Å². The van der Waals surface area contributed by atoms with Gasteiger partial charge in [-0.15, -0.1) is 0 Å². The molecule has 148 valence electrons. The molecule has 0 aliphatic heterocycles. The van der Waals surface area contributed by atoms with Crippen LogP contribution in [0.3, 0.4) is 0 Å². The van der Waals surface area contributed by atoms with E-state index in [-0.39, 0.29) is 6.10 Å². The quantitative estimate of drug-likeness (QED) is 0.330. The van der Waals surface area contributed by atoms with Crippen molar-refractivity contribution in [2.24, 2.45) is 23.2 Å². The van der Waals surface area contributed by atoms with Gasteiger partial charge in [0.15, 0.2) is 0 Å². The third kappa shape index (κ3) is 12.1. The van der Waals surface area contributed by atoms with Crippen LogP contribution in [-0.4, -0.2) is 17.9 Å². The van der Waals surface area contributed by atoms with Gasteiger partial charge in [0.1, 0.15) is 11.7 Å². The van der Waals surface area contributed by atoms with E-state index in [2.05, 4.69) is 60.6 Å². The summed E-state index contributed by atoms with van der Waals surface area (Å²) in [5.41, 5.74) is -0.200. The van der Waals surface area contributed by atoms with Crippen LogP contribution in [0.4, 0.5) is 4.79 Å². The van der Waals surface area contributed by atoms with Crippen LogP contribution in [0.5, 0.6) is 0 Å². The molecular weight excluding hydrogens is 312 g/mol. The predicted octanol–water partition coefficient (Wildman–Crippen LogP) is 7.01. The average Bonchev–Trinajstić information content (AvgIpc) is 2.39. The average molecular weight is 355 g/mol. The number of hydrogen-bond donors (Lipinski definition) is 0. The Morgan fingerprint density at radius 2 is 1.40 bits per heavy atom. The minimum absolute atomic E-state index is 0.0844. The lowest BCUT2D eigenvalue weighted by molar-refractivity contribution is -0.0493. The zero-order valence-corrected chi connectivity index (χ0v) is 18.3. The van der Waals surface area contributed by atoms with Gasteiger partial charge in [-0.2, -0.15) is 0 Å². The van der Waals surface area contributed by atoms with Gasteiger partial charge in [-0.3, -0.25) is 0 Å². The van der Waals surface area contributed by atoms with Crippen molar-refractivity contribution >= 4 is 6.16 Å². The Morgan fingerprint density at radius 1 is 0.920 bits per heavy atom. The topological polar surface area (TPSA) is 35.5 Å². The lowest BCUT2D eigenvalue weighted by Crippen LogP contribution is -2.33. The predicted molar refractivity (Wildman–Crippen MR) is 107 cm³/mol. The van der Waals surface area contributed by atoms with Crippen LogP contribution in [0.15, 0.2) is 12.2 Å². The van der Waals surface area contributed by atoms with Crippen LogP contribution < -0.4 is 0 Å².